The number of benzene rings is 3. The average molecular weight is 572 g/mol. The standard InChI is InChI=1S/C30H29N5O5S/c1-3-40-21-14-12-20(13-15-21)32-27(37)18-41-30-33-23-10-6-5-9-22(23)28-34-29(38)24(35(28)30)16-26(36)31-17-19-8-4-7-11-25(19)39-2/h4-15,24H,3,16-18H2,1-2H3,(H,31,36)(H,32,37). The maximum Gasteiger partial charge on any atom is 0.271 e. The van der Waals surface area contributed by atoms with Crippen molar-refractivity contribution in [3.05, 3.63) is 83.9 Å². The molecule has 210 valence electrons. The minimum atomic E-state index is -0.878. The molecule has 2 aliphatic heterocycles. The number of hydrogen-bond donors (Lipinski definition) is 2. The van der Waals surface area contributed by atoms with E-state index in [1.165, 1.54) is 11.8 Å². The third-order valence-corrected chi connectivity index (χ3v) is 7.39. The number of fused-ring (bicyclic) bond motifs is 3. The maximum absolute atomic E-state index is 13.1. The van der Waals surface area contributed by atoms with Crippen LogP contribution in [0.15, 0.2) is 82.8 Å². The van der Waals surface area contributed by atoms with Gasteiger partial charge in [0.25, 0.3) is 5.91 Å². The van der Waals surface area contributed by atoms with Gasteiger partial charge in [-0.3, -0.25) is 19.3 Å². The number of aliphatic imine (C=N–C) groups is 2. The van der Waals surface area contributed by atoms with Gasteiger partial charge in [0.2, 0.25) is 11.8 Å². The zero-order valence-electron chi connectivity index (χ0n) is 22.6. The number of para-hydroxylation sites is 2. The van der Waals surface area contributed by atoms with E-state index in [2.05, 4.69) is 15.6 Å². The monoisotopic (exact) mass is 571 g/mol. The van der Waals surface area contributed by atoms with Gasteiger partial charge in [-0.05, 0) is 49.4 Å². The summed E-state index contributed by atoms with van der Waals surface area (Å²) < 4.78 is 10.8. The molecule has 0 spiro atoms. The van der Waals surface area contributed by atoms with Crippen LogP contribution in [0.1, 0.15) is 24.5 Å². The number of carbonyl (C=O) groups is 3. The van der Waals surface area contributed by atoms with Gasteiger partial charge in [-0.1, -0.05) is 42.1 Å². The third kappa shape index (κ3) is 6.41. The first kappa shape index (κ1) is 27.9. The summed E-state index contributed by atoms with van der Waals surface area (Å²) in [5, 5.41) is 6.16. The van der Waals surface area contributed by atoms with Gasteiger partial charge in [0.1, 0.15) is 23.4 Å². The van der Waals surface area contributed by atoms with Crippen LogP contribution in [-0.2, 0) is 20.9 Å². The van der Waals surface area contributed by atoms with Crippen molar-refractivity contribution in [1.82, 2.24) is 10.2 Å². The van der Waals surface area contributed by atoms with Gasteiger partial charge in [0.15, 0.2) is 5.17 Å². The van der Waals surface area contributed by atoms with Gasteiger partial charge >= 0.3 is 0 Å². The molecule has 10 nitrogen and oxygen atoms in total. The third-order valence-electron chi connectivity index (χ3n) is 6.44. The largest absolute Gasteiger partial charge is 0.496 e. The van der Waals surface area contributed by atoms with E-state index >= 15 is 0 Å². The Morgan fingerprint density at radius 2 is 1.73 bits per heavy atom. The van der Waals surface area contributed by atoms with E-state index in [9.17, 15) is 14.4 Å². The van der Waals surface area contributed by atoms with E-state index in [1.54, 1.807) is 36.3 Å². The lowest BCUT2D eigenvalue weighted by Gasteiger charge is -2.30. The molecule has 5 rings (SSSR count). The summed E-state index contributed by atoms with van der Waals surface area (Å²) in [6.07, 6.45) is -0.124. The van der Waals surface area contributed by atoms with E-state index in [4.69, 9.17) is 14.5 Å². The van der Waals surface area contributed by atoms with E-state index in [-0.39, 0.29) is 30.5 Å². The highest BCUT2D eigenvalue weighted by Gasteiger charge is 2.42. The first-order chi connectivity index (χ1) is 20.0. The molecule has 1 atom stereocenters. The number of thioether (sulfide) groups is 1. The highest BCUT2D eigenvalue weighted by atomic mass is 32.2. The molecule has 0 saturated heterocycles. The second kappa shape index (κ2) is 12.7. The number of amides is 3. The van der Waals surface area contributed by atoms with Crippen LogP contribution in [0.2, 0.25) is 0 Å². The second-order valence-corrected chi connectivity index (χ2v) is 10.1. The second-order valence-electron chi connectivity index (χ2n) is 9.16. The van der Waals surface area contributed by atoms with Crippen molar-refractivity contribution in [2.45, 2.75) is 25.9 Å². The number of anilines is 1. The molecule has 41 heavy (non-hydrogen) atoms. The van der Waals surface area contributed by atoms with Crippen LogP contribution in [0.3, 0.4) is 0 Å². The van der Waals surface area contributed by atoms with Gasteiger partial charge in [-0.2, -0.15) is 4.99 Å². The van der Waals surface area contributed by atoms with Crippen molar-refractivity contribution in [2.75, 3.05) is 24.8 Å². The van der Waals surface area contributed by atoms with Crippen LogP contribution >= 0.6 is 11.8 Å². The summed E-state index contributed by atoms with van der Waals surface area (Å²) in [7, 11) is 1.57. The fourth-order valence-electron chi connectivity index (χ4n) is 4.52. The molecule has 3 aromatic rings. The van der Waals surface area contributed by atoms with Gasteiger partial charge in [-0.25, -0.2) is 4.99 Å². The lowest BCUT2D eigenvalue weighted by atomic mass is 10.1. The van der Waals surface area contributed by atoms with E-state index in [0.717, 1.165) is 11.3 Å². The van der Waals surface area contributed by atoms with Crippen molar-refractivity contribution in [3.63, 3.8) is 0 Å². The summed E-state index contributed by atoms with van der Waals surface area (Å²) in [5.41, 5.74) is 2.80. The summed E-state index contributed by atoms with van der Waals surface area (Å²) >= 11 is 1.18. The number of hydrogen-bond acceptors (Lipinski definition) is 8. The summed E-state index contributed by atoms with van der Waals surface area (Å²) in [4.78, 5) is 49.5. The molecule has 0 fully saturated rings. The van der Waals surface area contributed by atoms with Crippen LogP contribution in [0.4, 0.5) is 11.4 Å². The molecular weight excluding hydrogens is 542 g/mol. The Morgan fingerprint density at radius 3 is 2.51 bits per heavy atom. The first-order valence-electron chi connectivity index (χ1n) is 13.1. The Balaban J connectivity index is 1.28. The molecule has 11 heteroatoms. The van der Waals surface area contributed by atoms with E-state index in [0.29, 0.717) is 40.3 Å². The Labute approximate surface area is 241 Å². The number of rotatable bonds is 10. The van der Waals surface area contributed by atoms with E-state index in [1.807, 2.05) is 55.5 Å². The van der Waals surface area contributed by atoms with Gasteiger partial charge < -0.3 is 20.1 Å². The highest BCUT2D eigenvalue weighted by molar-refractivity contribution is 8.14. The molecule has 0 radical (unpaired) electrons. The number of ether oxygens (including phenoxy) is 2. The number of amidine groups is 2. The molecule has 0 bridgehead atoms. The zero-order valence-corrected chi connectivity index (χ0v) is 23.4. The van der Waals surface area contributed by atoms with E-state index < -0.39 is 11.9 Å². The highest BCUT2D eigenvalue weighted by Crippen LogP contribution is 2.35. The number of nitrogens with zero attached hydrogens (tertiary/aromatic N) is 3. The molecule has 0 aromatic heterocycles. The minimum Gasteiger partial charge on any atom is -0.496 e. The Bertz CT molecular complexity index is 1520. The Morgan fingerprint density at radius 1 is 0.976 bits per heavy atom. The fourth-order valence-corrected chi connectivity index (χ4v) is 5.37. The molecule has 0 aliphatic carbocycles. The van der Waals surface area contributed by atoms with Crippen molar-refractivity contribution in [3.8, 4) is 11.5 Å². The lowest BCUT2D eigenvalue weighted by molar-refractivity contribution is -0.126. The smallest absolute Gasteiger partial charge is 0.271 e. The molecule has 3 amide bonds. The summed E-state index contributed by atoms with van der Waals surface area (Å²) in [5.74, 6) is 0.863. The lowest BCUT2D eigenvalue weighted by Crippen LogP contribution is -2.46. The van der Waals surface area contributed by atoms with Crippen molar-refractivity contribution in [1.29, 1.82) is 0 Å². The number of carbonyl (C=O) groups excluding carboxylic acids is 3. The molecule has 2 N–H and O–H groups in total. The molecule has 2 aliphatic rings. The normalized spacial score (nSPS) is 15.3. The number of methoxy groups -OCH3 is 1. The summed E-state index contributed by atoms with van der Waals surface area (Å²) in [6.45, 7) is 2.71. The Hall–Kier alpha value is -4.64. The SMILES string of the molecule is CCOc1ccc(NC(=O)CSC2=Nc3ccccc3C3=NC(=O)C(CC(=O)NCc4ccccc4OC)N23)cc1. The molecule has 2 heterocycles. The van der Waals surface area contributed by atoms with Gasteiger partial charge in [-0.15, -0.1) is 0 Å². The van der Waals surface area contributed by atoms with Crippen molar-refractivity contribution in [2.24, 2.45) is 9.98 Å². The Kier molecular flexibility index (Phi) is 8.64. The van der Waals surface area contributed by atoms with Crippen LogP contribution in [0, 0.1) is 0 Å². The fraction of sp³-hybridized carbons (Fsp3) is 0.233. The molecule has 3 aromatic carbocycles. The molecule has 0 saturated carbocycles. The van der Waals surface area contributed by atoms with Crippen LogP contribution in [-0.4, -0.2) is 59.1 Å². The first-order valence-corrected chi connectivity index (χ1v) is 14.1. The topological polar surface area (TPSA) is 122 Å². The van der Waals surface area contributed by atoms with Crippen LogP contribution < -0.4 is 20.1 Å². The average Bonchev–Trinajstić information content (AvgIpc) is 3.31. The predicted octanol–water partition coefficient (Wildman–Crippen LogP) is 4.13. The van der Waals surface area contributed by atoms with Gasteiger partial charge in [0.05, 0.1) is 31.6 Å². The van der Waals surface area contributed by atoms with Gasteiger partial charge in [0, 0.05) is 23.4 Å². The minimum absolute atomic E-state index is 0.0406. The molecular formula is C30H29N5O5S. The maximum atomic E-state index is 13.1. The quantitative estimate of drug-likeness (QED) is 0.375. The number of nitrogens with one attached hydrogen (secondary N) is 2. The molecule has 1 unspecified atom stereocenters. The van der Waals surface area contributed by atoms with Crippen molar-refractivity contribution < 1.29 is 23.9 Å². The predicted molar refractivity (Wildman–Crippen MR) is 159 cm³/mol. The summed E-state index contributed by atoms with van der Waals surface area (Å²) in [6, 6.07) is 21.0. The van der Waals surface area contributed by atoms with Crippen LogP contribution in [0.25, 0.3) is 0 Å². The van der Waals surface area contributed by atoms with Crippen molar-refractivity contribution >= 4 is 51.9 Å². The zero-order chi connectivity index (χ0) is 28.8. The van der Waals surface area contributed by atoms with Crippen LogP contribution in [0.5, 0.6) is 11.5 Å².